The molecule has 1 saturated heterocycles. The summed E-state index contributed by atoms with van der Waals surface area (Å²) in [4.78, 5) is 13.8. The number of nitrogens with zero attached hydrogens (tertiary/aromatic N) is 1. The van der Waals surface area contributed by atoms with Crippen LogP contribution in [-0.4, -0.2) is 43.9 Å². The zero-order valence-electron chi connectivity index (χ0n) is 11.6. The summed E-state index contributed by atoms with van der Waals surface area (Å²) in [5.41, 5.74) is 1.14. The maximum Gasteiger partial charge on any atom is 0.244 e. The van der Waals surface area contributed by atoms with Crippen molar-refractivity contribution in [3.63, 3.8) is 0 Å². The van der Waals surface area contributed by atoms with Crippen LogP contribution < -0.4 is 10.2 Å². The lowest BCUT2D eigenvalue weighted by molar-refractivity contribution is -0.124. The first-order chi connectivity index (χ1) is 9.54. The molecule has 0 aromatic heterocycles. The van der Waals surface area contributed by atoms with Crippen LogP contribution in [0.5, 0.6) is 0 Å². The molecule has 1 aliphatic rings. The fourth-order valence-electron chi connectivity index (χ4n) is 2.40. The summed E-state index contributed by atoms with van der Waals surface area (Å²) in [5.74, 6) is -0.569. The number of aliphatic hydroxyl groups is 1. The van der Waals surface area contributed by atoms with Crippen LogP contribution in [0.3, 0.4) is 0 Å². The minimum absolute atomic E-state index is 0.162. The second-order valence-corrected chi connectivity index (χ2v) is 4.78. The van der Waals surface area contributed by atoms with Gasteiger partial charge in [-0.05, 0) is 25.1 Å². The van der Waals surface area contributed by atoms with Gasteiger partial charge in [-0.25, -0.2) is 4.39 Å². The topological polar surface area (TPSA) is 61.8 Å². The summed E-state index contributed by atoms with van der Waals surface area (Å²) in [6, 6.07) is 3.75. The van der Waals surface area contributed by atoms with E-state index in [0.29, 0.717) is 24.4 Å². The first kappa shape index (κ1) is 14.7. The molecular formula is C14H19FN2O3. The highest BCUT2D eigenvalue weighted by Crippen LogP contribution is 2.29. The van der Waals surface area contributed by atoms with Gasteiger partial charge in [-0.2, -0.15) is 0 Å². The highest BCUT2D eigenvalue weighted by atomic mass is 19.1. The average molecular weight is 282 g/mol. The molecule has 1 aliphatic heterocycles. The van der Waals surface area contributed by atoms with Gasteiger partial charge in [0.15, 0.2) is 0 Å². The molecule has 20 heavy (non-hydrogen) atoms. The van der Waals surface area contributed by atoms with Crippen molar-refractivity contribution in [2.24, 2.45) is 0 Å². The number of ether oxygens (including phenoxy) is 1. The van der Waals surface area contributed by atoms with Crippen LogP contribution in [0, 0.1) is 5.82 Å². The van der Waals surface area contributed by atoms with E-state index in [-0.39, 0.29) is 12.5 Å². The molecule has 110 valence electrons. The molecular weight excluding hydrogens is 263 g/mol. The number of likely N-dealkylation sites (N-methyl/N-ethyl adjacent to an activating group) is 1. The number of benzene rings is 1. The molecule has 2 atom stereocenters. The summed E-state index contributed by atoms with van der Waals surface area (Å²) < 4.78 is 18.7. The molecule has 0 spiro atoms. The van der Waals surface area contributed by atoms with Crippen molar-refractivity contribution in [3.05, 3.63) is 29.6 Å². The summed E-state index contributed by atoms with van der Waals surface area (Å²) in [6.07, 6.45) is -0.811. The molecule has 0 saturated carbocycles. The van der Waals surface area contributed by atoms with Gasteiger partial charge >= 0.3 is 0 Å². The standard InChI is InChI=1S/C14H19FN2O3/c1-9(18)11-7-10(15)3-4-12(11)17-5-6-20-8-13(17)14(19)16-2/h3-4,7,9,13,18H,5-6,8H2,1-2H3,(H,16,19)/t9-,13?/m0/s1. The Morgan fingerprint density at radius 3 is 3.00 bits per heavy atom. The molecule has 1 aromatic rings. The molecule has 1 fully saturated rings. The van der Waals surface area contributed by atoms with Gasteiger partial charge in [-0.1, -0.05) is 0 Å². The molecule has 0 aliphatic carbocycles. The predicted octanol–water partition coefficient (Wildman–Crippen LogP) is 0.830. The van der Waals surface area contributed by atoms with Crippen molar-refractivity contribution in [1.29, 1.82) is 0 Å². The van der Waals surface area contributed by atoms with Crippen LogP contribution in [0.1, 0.15) is 18.6 Å². The number of carbonyl (C=O) groups is 1. The van der Waals surface area contributed by atoms with Crippen molar-refractivity contribution in [3.8, 4) is 0 Å². The Bertz CT molecular complexity index is 493. The van der Waals surface area contributed by atoms with Crippen LogP contribution in [0.4, 0.5) is 10.1 Å². The zero-order valence-corrected chi connectivity index (χ0v) is 11.6. The summed E-state index contributed by atoms with van der Waals surface area (Å²) in [6.45, 7) is 2.86. The van der Waals surface area contributed by atoms with Gasteiger partial charge in [-0.15, -0.1) is 0 Å². The molecule has 0 bridgehead atoms. The molecule has 1 amide bonds. The minimum atomic E-state index is -0.811. The van der Waals surface area contributed by atoms with Crippen LogP contribution >= 0.6 is 0 Å². The van der Waals surface area contributed by atoms with Gasteiger partial charge in [0.25, 0.3) is 0 Å². The van der Waals surface area contributed by atoms with Crippen molar-refractivity contribution < 1.29 is 19.0 Å². The third-order valence-corrected chi connectivity index (χ3v) is 3.43. The van der Waals surface area contributed by atoms with E-state index in [0.717, 1.165) is 0 Å². The van der Waals surface area contributed by atoms with E-state index in [1.165, 1.54) is 12.1 Å². The molecule has 1 unspecified atom stereocenters. The normalized spacial score (nSPS) is 20.6. The Kier molecular flexibility index (Phi) is 4.57. The van der Waals surface area contributed by atoms with Gasteiger partial charge in [0.1, 0.15) is 11.9 Å². The van der Waals surface area contributed by atoms with Crippen LogP contribution in [-0.2, 0) is 9.53 Å². The lowest BCUT2D eigenvalue weighted by Gasteiger charge is -2.37. The average Bonchev–Trinajstić information content (AvgIpc) is 2.46. The minimum Gasteiger partial charge on any atom is -0.389 e. The van der Waals surface area contributed by atoms with Gasteiger partial charge < -0.3 is 20.1 Å². The molecule has 1 aromatic carbocycles. The van der Waals surface area contributed by atoms with Crippen molar-refractivity contribution in [1.82, 2.24) is 5.32 Å². The number of rotatable bonds is 3. The number of aliphatic hydroxyl groups excluding tert-OH is 1. The molecule has 0 radical (unpaired) electrons. The third-order valence-electron chi connectivity index (χ3n) is 3.43. The molecule has 2 N–H and O–H groups in total. The Hall–Kier alpha value is -1.66. The molecule has 1 heterocycles. The van der Waals surface area contributed by atoms with Gasteiger partial charge in [-0.3, -0.25) is 4.79 Å². The van der Waals surface area contributed by atoms with Crippen molar-refractivity contribution in [2.75, 3.05) is 31.7 Å². The van der Waals surface area contributed by atoms with Gasteiger partial charge in [0.2, 0.25) is 5.91 Å². The van der Waals surface area contributed by atoms with E-state index < -0.39 is 18.0 Å². The number of morpholine rings is 1. The van der Waals surface area contributed by atoms with E-state index >= 15 is 0 Å². The number of hydrogen-bond acceptors (Lipinski definition) is 4. The fourth-order valence-corrected chi connectivity index (χ4v) is 2.40. The largest absolute Gasteiger partial charge is 0.389 e. The number of amides is 1. The SMILES string of the molecule is CNC(=O)C1COCCN1c1ccc(F)cc1[C@H](C)O. The van der Waals surface area contributed by atoms with E-state index in [1.54, 1.807) is 20.0 Å². The lowest BCUT2D eigenvalue weighted by Crippen LogP contribution is -2.53. The smallest absolute Gasteiger partial charge is 0.244 e. The van der Waals surface area contributed by atoms with E-state index in [9.17, 15) is 14.3 Å². The van der Waals surface area contributed by atoms with Crippen LogP contribution in [0.2, 0.25) is 0 Å². The van der Waals surface area contributed by atoms with Crippen molar-refractivity contribution >= 4 is 11.6 Å². The molecule has 5 nitrogen and oxygen atoms in total. The highest BCUT2D eigenvalue weighted by molar-refractivity contribution is 5.85. The second kappa shape index (κ2) is 6.19. The van der Waals surface area contributed by atoms with E-state index in [2.05, 4.69) is 5.32 Å². The number of hydrogen-bond donors (Lipinski definition) is 2. The number of halogens is 1. The monoisotopic (exact) mass is 282 g/mol. The Morgan fingerprint density at radius 1 is 1.60 bits per heavy atom. The summed E-state index contributed by atoms with van der Waals surface area (Å²) in [5, 5.41) is 12.4. The highest BCUT2D eigenvalue weighted by Gasteiger charge is 2.30. The van der Waals surface area contributed by atoms with Crippen molar-refractivity contribution in [2.45, 2.75) is 19.1 Å². The Morgan fingerprint density at radius 2 is 2.35 bits per heavy atom. The number of nitrogens with one attached hydrogen (secondary N) is 1. The number of anilines is 1. The summed E-state index contributed by atoms with van der Waals surface area (Å²) in [7, 11) is 1.56. The Balaban J connectivity index is 2.39. The van der Waals surface area contributed by atoms with E-state index in [4.69, 9.17) is 4.74 Å². The predicted molar refractivity (Wildman–Crippen MR) is 73.1 cm³/mol. The second-order valence-electron chi connectivity index (χ2n) is 4.78. The molecule has 6 heteroatoms. The third kappa shape index (κ3) is 2.91. The number of carbonyl (C=O) groups excluding carboxylic acids is 1. The maximum absolute atomic E-state index is 13.4. The van der Waals surface area contributed by atoms with Crippen LogP contribution in [0.25, 0.3) is 0 Å². The van der Waals surface area contributed by atoms with E-state index in [1.807, 2.05) is 4.90 Å². The lowest BCUT2D eigenvalue weighted by atomic mass is 10.0. The quantitative estimate of drug-likeness (QED) is 0.862. The first-order valence-electron chi connectivity index (χ1n) is 6.58. The molecule has 2 rings (SSSR count). The maximum atomic E-state index is 13.4. The zero-order chi connectivity index (χ0) is 14.7. The van der Waals surface area contributed by atoms with Crippen LogP contribution in [0.15, 0.2) is 18.2 Å². The first-order valence-corrected chi connectivity index (χ1v) is 6.58. The van der Waals surface area contributed by atoms with Gasteiger partial charge in [0.05, 0.1) is 19.3 Å². The summed E-state index contributed by atoms with van der Waals surface area (Å²) >= 11 is 0. The Labute approximate surface area is 117 Å². The fraction of sp³-hybridized carbons (Fsp3) is 0.500. The van der Waals surface area contributed by atoms with Gasteiger partial charge in [0, 0.05) is 24.8 Å².